The molecule has 0 saturated carbocycles. The van der Waals surface area contributed by atoms with E-state index in [4.69, 9.17) is 0 Å². The van der Waals surface area contributed by atoms with Gasteiger partial charge in [0.25, 0.3) is 5.91 Å². The normalized spacial score (nSPS) is 21.1. The minimum atomic E-state index is -0.148. The number of hydrogen-bond acceptors (Lipinski definition) is 2. The molecular weight excluding hydrogens is 242 g/mol. The van der Waals surface area contributed by atoms with Crippen molar-refractivity contribution < 1.29 is 9.59 Å². The van der Waals surface area contributed by atoms with Crippen molar-refractivity contribution >= 4 is 11.9 Å². The predicted octanol–water partition coefficient (Wildman–Crippen LogP) is 0.974. The maximum atomic E-state index is 12.3. The minimum Gasteiger partial charge on any atom is -0.338 e. The van der Waals surface area contributed by atoms with Crippen LogP contribution < -0.4 is 10.6 Å². The van der Waals surface area contributed by atoms with E-state index in [1.54, 1.807) is 0 Å². The summed E-state index contributed by atoms with van der Waals surface area (Å²) in [6.45, 7) is 2.05. The monoisotopic (exact) mass is 259 g/mol. The molecule has 2 saturated heterocycles. The van der Waals surface area contributed by atoms with Crippen molar-refractivity contribution in [2.75, 3.05) is 19.6 Å². The zero-order chi connectivity index (χ0) is 13.3. The second-order valence-corrected chi connectivity index (χ2v) is 5.25. The van der Waals surface area contributed by atoms with E-state index in [9.17, 15) is 9.59 Å². The molecule has 5 heteroatoms. The lowest BCUT2D eigenvalue weighted by molar-refractivity contribution is 0.0668. The van der Waals surface area contributed by atoms with Crippen molar-refractivity contribution in [3.8, 4) is 0 Å². The number of carbonyl (C=O) groups excluding carboxylic acids is 2. The molecule has 3 amide bonds. The molecule has 100 valence electrons. The van der Waals surface area contributed by atoms with Crippen LogP contribution in [0.2, 0.25) is 0 Å². The Balaban J connectivity index is 1.64. The Hall–Kier alpha value is -2.04. The first kappa shape index (κ1) is 12.0. The Morgan fingerprint density at radius 2 is 1.84 bits per heavy atom. The molecule has 1 spiro atoms. The van der Waals surface area contributed by atoms with Crippen LogP contribution in [0.15, 0.2) is 30.3 Å². The number of hydrogen-bond donors (Lipinski definition) is 2. The molecule has 1 aromatic rings. The van der Waals surface area contributed by atoms with Crippen molar-refractivity contribution in [2.45, 2.75) is 18.4 Å². The predicted molar refractivity (Wildman–Crippen MR) is 70.8 cm³/mol. The minimum absolute atomic E-state index is 0.0766. The van der Waals surface area contributed by atoms with Crippen molar-refractivity contribution in [2.24, 2.45) is 0 Å². The highest BCUT2D eigenvalue weighted by molar-refractivity contribution is 5.94. The molecule has 2 N–H and O–H groups in total. The van der Waals surface area contributed by atoms with Gasteiger partial charge in [0, 0.05) is 25.2 Å². The van der Waals surface area contributed by atoms with Crippen LogP contribution in [0.4, 0.5) is 4.79 Å². The summed E-state index contributed by atoms with van der Waals surface area (Å²) in [5, 5.41) is 5.78. The highest BCUT2D eigenvalue weighted by atomic mass is 16.2. The molecule has 2 heterocycles. The Morgan fingerprint density at radius 3 is 2.42 bits per heavy atom. The Bertz CT molecular complexity index is 493. The molecule has 19 heavy (non-hydrogen) atoms. The molecular formula is C14H17N3O2. The molecule has 0 unspecified atom stereocenters. The third-order valence-electron chi connectivity index (χ3n) is 3.99. The van der Waals surface area contributed by atoms with Gasteiger partial charge in [0.2, 0.25) is 0 Å². The fourth-order valence-corrected chi connectivity index (χ4v) is 2.78. The van der Waals surface area contributed by atoms with Gasteiger partial charge in [-0.05, 0) is 25.0 Å². The van der Waals surface area contributed by atoms with Gasteiger partial charge in [-0.2, -0.15) is 0 Å². The van der Waals surface area contributed by atoms with E-state index in [1.165, 1.54) is 0 Å². The van der Waals surface area contributed by atoms with E-state index in [0.717, 1.165) is 18.4 Å². The summed E-state index contributed by atoms with van der Waals surface area (Å²) in [4.78, 5) is 25.4. The molecule has 0 atom stereocenters. The van der Waals surface area contributed by atoms with Crippen molar-refractivity contribution in [1.29, 1.82) is 0 Å². The molecule has 0 bridgehead atoms. The highest BCUT2D eigenvalue weighted by Gasteiger charge is 2.41. The summed E-state index contributed by atoms with van der Waals surface area (Å²) in [6, 6.07) is 9.24. The van der Waals surface area contributed by atoms with Crippen molar-refractivity contribution in [1.82, 2.24) is 15.5 Å². The molecule has 0 aliphatic carbocycles. The highest BCUT2D eigenvalue weighted by Crippen LogP contribution is 2.25. The largest absolute Gasteiger partial charge is 0.338 e. The van der Waals surface area contributed by atoms with Gasteiger partial charge in [-0.15, -0.1) is 0 Å². The van der Waals surface area contributed by atoms with Gasteiger partial charge in [0.05, 0.1) is 5.54 Å². The number of piperidine rings is 1. The number of likely N-dealkylation sites (tertiary alicyclic amines) is 1. The topological polar surface area (TPSA) is 61.4 Å². The second kappa shape index (κ2) is 4.57. The first-order chi connectivity index (χ1) is 9.19. The lowest BCUT2D eigenvalue weighted by Crippen LogP contribution is -2.53. The lowest BCUT2D eigenvalue weighted by Gasteiger charge is -2.38. The second-order valence-electron chi connectivity index (χ2n) is 5.25. The third-order valence-corrected chi connectivity index (χ3v) is 3.99. The average molecular weight is 259 g/mol. The van der Waals surface area contributed by atoms with Crippen LogP contribution in [-0.2, 0) is 0 Å². The van der Waals surface area contributed by atoms with E-state index in [-0.39, 0.29) is 17.5 Å². The van der Waals surface area contributed by atoms with Crippen molar-refractivity contribution in [3.63, 3.8) is 0 Å². The quantitative estimate of drug-likeness (QED) is 0.789. The van der Waals surface area contributed by atoms with E-state index < -0.39 is 0 Å². The number of nitrogens with zero attached hydrogens (tertiary/aromatic N) is 1. The number of benzene rings is 1. The van der Waals surface area contributed by atoms with Crippen LogP contribution in [0.5, 0.6) is 0 Å². The molecule has 2 aliphatic heterocycles. The van der Waals surface area contributed by atoms with Gasteiger partial charge in [0.15, 0.2) is 0 Å². The first-order valence-electron chi connectivity index (χ1n) is 6.59. The van der Waals surface area contributed by atoms with E-state index in [0.29, 0.717) is 19.6 Å². The number of urea groups is 1. The van der Waals surface area contributed by atoms with Crippen LogP contribution in [0.3, 0.4) is 0 Å². The van der Waals surface area contributed by atoms with Gasteiger partial charge in [0.1, 0.15) is 0 Å². The van der Waals surface area contributed by atoms with Crippen LogP contribution in [0, 0.1) is 0 Å². The summed E-state index contributed by atoms with van der Waals surface area (Å²) < 4.78 is 0. The van der Waals surface area contributed by atoms with Crippen LogP contribution >= 0.6 is 0 Å². The Kier molecular flexibility index (Phi) is 2.89. The number of amides is 3. The van der Waals surface area contributed by atoms with E-state index in [1.807, 2.05) is 35.2 Å². The fourth-order valence-electron chi connectivity index (χ4n) is 2.78. The molecule has 2 aliphatic rings. The van der Waals surface area contributed by atoms with Crippen molar-refractivity contribution in [3.05, 3.63) is 35.9 Å². The average Bonchev–Trinajstić information content (AvgIpc) is 2.81. The zero-order valence-corrected chi connectivity index (χ0v) is 10.7. The first-order valence-corrected chi connectivity index (χ1v) is 6.59. The molecule has 0 aromatic heterocycles. The van der Waals surface area contributed by atoms with Crippen LogP contribution in [-0.4, -0.2) is 42.0 Å². The summed E-state index contributed by atoms with van der Waals surface area (Å²) in [5.74, 6) is 0.0766. The summed E-state index contributed by atoms with van der Waals surface area (Å²) in [5.41, 5.74) is 0.580. The fraction of sp³-hybridized carbons (Fsp3) is 0.429. The van der Waals surface area contributed by atoms with E-state index in [2.05, 4.69) is 10.6 Å². The zero-order valence-electron chi connectivity index (χ0n) is 10.7. The number of rotatable bonds is 1. The third kappa shape index (κ3) is 2.28. The summed E-state index contributed by atoms with van der Waals surface area (Å²) >= 11 is 0. The van der Waals surface area contributed by atoms with Gasteiger partial charge < -0.3 is 15.5 Å². The van der Waals surface area contributed by atoms with Crippen LogP contribution in [0.25, 0.3) is 0 Å². The number of carbonyl (C=O) groups is 2. The maximum absolute atomic E-state index is 12.3. The van der Waals surface area contributed by atoms with Crippen LogP contribution in [0.1, 0.15) is 23.2 Å². The molecule has 5 nitrogen and oxygen atoms in total. The van der Waals surface area contributed by atoms with Gasteiger partial charge in [-0.25, -0.2) is 4.79 Å². The van der Waals surface area contributed by atoms with Gasteiger partial charge >= 0.3 is 6.03 Å². The Labute approximate surface area is 112 Å². The molecule has 0 radical (unpaired) electrons. The Morgan fingerprint density at radius 1 is 1.16 bits per heavy atom. The number of nitrogens with one attached hydrogen (secondary N) is 2. The maximum Gasteiger partial charge on any atom is 0.315 e. The summed E-state index contributed by atoms with van der Waals surface area (Å²) in [7, 11) is 0. The lowest BCUT2D eigenvalue weighted by atomic mass is 9.88. The summed E-state index contributed by atoms with van der Waals surface area (Å²) in [6.07, 6.45) is 1.62. The molecule has 1 aromatic carbocycles. The standard InChI is InChI=1S/C14H17N3O2/c18-12(11-4-2-1-3-5-11)17-8-6-14(7-9-17)10-15-13(19)16-14/h1-5H,6-10H2,(H2,15,16,19). The molecule has 3 rings (SSSR count). The van der Waals surface area contributed by atoms with Gasteiger partial charge in [-0.3, -0.25) is 4.79 Å². The smallest absolute Gasteiger partial charge is 0.315 e. The SMILES string of the molecule is O=C1NCC2(CCN(C(=O)c3ccccc3)CC2)N1. The molecule has 2 fully saturated rings. The van der Waals surface area contributed by atoms with E-state index >= 15 is 0 Å². The van der Waals surface area contributed by atoms with Gasteiger partial charge in [-0.1, -0.05) is 18.2 Å².